The first-order valence-electron chi connectivity index (χ1n) is 6.44. The van der Waals surface area contributed by atoms with E-state index in [-0.39, 0.29) is 0 Å². The molecule has 0 fully saturated rings. The van der Waals surface area contributed by atoms with Gasteiger partial charge in [-0.2, -0.15) is 10.2 Å². The summed E-state index contributed by atoms with van der Waals surface area (Å²) in [4.78, 5) is 4.10. The minimum Gasteiger partial charge on any atom is -0.482 e. The van der Waals surface area contributed by atoms with Gasteiger partial charge in [-0.15, -0.1) is 0 Å². The Morgan fingerprint density at radius 3 is 2.90 bits per heavy atom. The Labute approximate surface area is 126 Å². The van der Waals surface area contributed by atoms with Crippen LogP contribution < -0.4 is 4.74 Å². The van der Waals surface area contributed by atoms with Gasteiger partial charge in [-0.3, -0.25) is 9.36 Å². The SMILES string of the molecule is Cn1cnc(COc2cnn(Cc3ccccc3Cl)c2)n1. The highest BCUT2D eigenvalue weighted by Crippen LogP contribution is 2.17. The number of benzene rings is 1. The summed E-state index contributed by atoms with van der Waals surface area (Å²) in [7, 11) is 1.82. The highest BCUT2D eigenvalue weighted by atomic mass is 35.5. The number of hydrogen-bond donors (Lipinski definition) is 0. The smallest absolute Gasteiger partial charge is 0.188 e. The molecule has 1 aromatic carbocycles. The van der Waals surface area contributed by atoms with Crippen LogP contribution in [0.3, 0.4) is 0 Å². The van der Waals surface area contributed by atoms with Crippen LogP contribution in [0.25, 0.3) is 0 Å². The normalized spacial score (nSPS) is 10.8. The van der Waals surface area contributed by atoms with Crippen molar-refractivity contribution in [1.82, 2.24) is 24.5 Å². The number of nitrogens with zero attached hydrogens (tertiary/aromatic N) is 5. The van der Waals surface area contributed by atoms with Crippen molar-refractivity contribution in [3.63, 3.8) is 0 Å². The number of hydrogen-bond acceptors (Lipinski definition) is 4. The lowest BCUT2D eigenvalue weighted by Gasteiger charge is -2.03. The molecule has 7 heteroatoms. The molecule has 2 heterocycles. The van der Waals surface area contributed by atoms with Gasteiger partial charge in [0.05, 0.1) is 18.9 Å². The van der Waals surface area contributed by atoms with Crippen molar-refractivity contribution < 1.29 is 4.74 Å². The van der Waals surface area contributed by atoms with Crippen molar-refractivity contribution in [2.45, 2.75) is 13.2 Å². The van der Waals surface area contributed by atoms with Crippen molar-refractivity contribution in [2.75, 3.05) is 0 Å². The Hall–Kier alpha value is -2.34. The van der Waals surface area contributed by atoms with E-state index in [0.29, 0.717) is 24.7 Å². The van der Waals surface area contributed by atoms with Gasteiger partial charge < -0.3 is 4.74 Å². The monoisotopic (exact) mass is 303 g/mol. The fourth-order valence-electron chi connectivity index (χ4n) is 1.90. The zero-order chi connectivity index (χ0) is 14.7. The fourth-order valence-corrected chi connectivity index (χ4v) is 2.10. The molecule has 0 N–H and O–H groups in total. The van der Waals surface area contributed by atoms with Crippen molar-refractivity contribution >= 4 is 11.6 Å². The van der Waals surface area contributed by atoms with Crippen LogP contribution in [0.2, 0.25) is 5.02 Å². The molecule has 0 saturated heterocycles. The third-order valence-electron chi connectivity index (χ3n) is 2.91. The maximum atomic E-state index is 6.13. The van der Waals surface area contributed by atoms with Crippen LogP contribution in [0.1, 0.15) is 11.4 Å². The van der Waals surface area contributed by atoms with E-state index in [9.17, 15) is 0 Å². The maximum Gasteiger partial charge on any atom is 0.188 e. The molecule has 0 aliphatic rings. The van der Waals surface area contributed by atoms with Gasteiger partial charge in [0.25, 0.3) is 0 Å². The van der Waals surface area contributed by atoms with Gasteiger partial charge in [0.2, 0.25) is 0 Å². The van der Waals surface area contributed by atoms with Crippen molar-refractivity contribution in [3.05, 3.63) is 59.4 Å². The van der Waals surface area contributed by atoms with Crippen molar-refractivity contribution in [3.8, 4) is 5.75 Å². The lowest BCUT2D eigenvalue weighted by molar-refractivity contribution is 0.295. The van der Waals surface area contributed by atoms with Gasteiger partial charge in [-0.25, -0.2) is 4.98 Å². The molecule has 0 unspecified atom stereocenters. The third kappa shape index (κ3) is 3.41. The van der Waals surface area contributed by atoms with Gasteiger partial charge in [0.1, 0.15) is 12.9 Å². The molecule has 6 nitrogen and oxygen atoms in total. The van der Waals surface area contributed by atoms with Gasteiger partial charge in [0.15, 0.2) is 11.6 Å². The molecule has 108 valence electrons. The summed E-state index contributed by atoms with van der Waals surface area (Å²) in [5, 5.41) is 9.13. The Balaban J connectivity index is 1.62. The number of rotatable bonds is 5. The molecule has 2 aromatic heterocycles. The van der Waals surface area contributed by atoms with E-state index in [1.54, 1.807) is 21.9 Å². The molecule has 3 aromatic rings. The quantitative estimate of drug-likeness (QED) is 0.725. The van der Waals surface area contributed by atoms with E-state index in [1.165, 1.54) is 0 Å². The molecule has 0 aliphatic carbocycles. The second kappa shape index (κ2) is 5.97. The average Bonchev–Trinajstić information content (AvgIpc) is 3.08. The van der Waals surface area contributed by atoms with Crippen molar-refractivity contribution in [1.29, 1.82) is 0 Å². The molecule has 0 amide bonds. The Morgan fingerprint density at radius 2 is 2.14 bits per heavy atom. The Morgan fingerprint density at radius 1 is 1.29 bits per heavy atom. The molecule has 0 aliphatic heterocycles. The molecule has 0 atom stereocenters. The largest absolute Gasteiger partial charge is 0.482 e. The highest BCUT2D eigenvalue weighted by Gasteiger charge is 2.05. The van der Waals surface area contributed by atoms with E-state index < -0.39 is 0 Å². The summed E-state index contributed by atoms with van der Waals surface area (Å²) in [5.41, 5.74) is 1.01. The predicted molar refractivity (Wildman–Crippen MR) is 78.1 cm³/mol. The predicted octanol–water partition coefficient (Wildman–Crippen LogP) is 2.29. The number of halogens is 1. The zero-order valence-electron chi connectivity index (χ0n) is 11.5. The number of aromatic nitrogens is 5. The molecule has 0 radical (unpaired) electrons. The second-order valence-corrected chi connectivity index (χ2v) is 5.00. The van der Waals surface area contributed by atoms with Gasteiger partial charge in [-0.05, 0) is 11.6 Å². The summed E-state index contributed by atoms with van der Waals surface area (Å²) >= 11 is 6.13. The minimum atomic E-state index is 0.318. The second-order valence-electron chi connectivity index (χ2n) is 4.59. The van der Waals surface area contributed by atoms with Gasteiger partial charge >= 0.3 is 0 Å². The molecule has 0 saturated carbocycles. The summed E-state index contributed by atoms with van der Waals surface area (Å²) in [6, 6.07) is 7.70. The molecule has 3 rings (SSSR count). The van der Waals surface area contributed by atoms with E-state index in [4.69, 9.17) is 16.3 Å². The highest BCUT2D eigenvalue weighted by molar-refractivity contribution is 6.31. The van der Waals surface area contributed by atoms with Crippen LogP contribution in [-0.2, 0) is 20.2 Å². The van der Waals surface area contributed by atoms with Gasteiger partial charge in [-0.1, -0.05) is 29.8 Å². The molecular formula is C14H14ClN5O. The van der Waals surface area contributed by atoms with Crippen LogP contribution in [0.4, 0.5) is 0 Å². The molecular weight excluding hydrogens is 290 g/mol. The first kappa shape index (κ1) is 13.6. The van der Waals surface area contributed by atoms with Crippen LogP contribution in [-0.4, -0.2) is 24.5 Å². The number of ether oxygens (including phenoxy) is 1. The summed E-state index contributed by atoms with van der Waals surface area (Å²) in [6.45, 7) is 0.920. The van der Waals surface area contributed by atoms with Crippen molar-refractivity contribution in [2.24, 2.45) is 7.05 Å². The molecule has 0 spiro atoms. The number of aryl methyl sites for hydroxylation is 1. The lowest BCUT2D eigenvalue weighted by Crippen LogP contribution is -2.01. The maximum absolute atomic E-state index is 6.13. The van der Waals surface area contributed by atoms with E-state index in [1.807, 2.05) is 37.5 Å². The minimum absolute atomic E-state index is 0.318. The molecule has 0 bridgehead atoms. The Bertz CT molecular complexity index is 736. The fraction of sp³-hybridized carbons (Fsp3) is 0.214. The first-order valence-corrected chi connectivity index (χ1v) is 6.82. The first-order chi connectivity index (χ1) is 10.2. The lowest BCUT2D eigenvalue weighted by atomic mass is 10.2. The standard InChI is InChI=1S/C14H14ClN5O/c1-19-10-16-14(18-19)9-21-12-6-17-20(8-12)7-11-4-2-3-5-13(11)15/h2-6,8,10H,7,9H2,1H3. The van der Waals surface area contributed by atoms with Crippen LogP contribution in [0, 0.1) is 0 Å². The Kier molecular flexibility index (Phi) is 3.87. The van der Waals surface area contributed by atoms with E-state index in [2.05, 4.69) is 15.2 Å². The van der Waals surface area contributed by atoms with E-state index in [0.717, 1.165) is 10.6 Å². The van der Waals surface area contributed by atoms with Crippen LogP contribution in [0.5, 0.6) is 5.75 Å². The van der Waals surface area contributed by atoms with E-state index >= 15 is 0 Å². The third-order valence-corrected chi connectivity index (χ3v) is 3.28. The zero-order valence-corrected chi connectivity index (χ0v) is 12.2. The average molecular weight is 304 g/mol. The van der Waals surface area contributed by atoms with Gasteiger partial charge in [0, 0.05) is 12.1 Å². The molecule has 21 heavy (non-hydrogen) atoms. The van der Waals surface area contributed by atoms with Crippen LogP contribution in [0.15, 0.2) is 43.0 Å². The van der Waals surface area contributed by atoms with Crippen LogP contribution >= 0.6 is 11.6 Å². The summed E-state index contributed by atoms with van der Waals surface area (Å²) in [6.07, 6.45) is 5.13. The summed E-state index contributed by atoms with van der Waals surface area (Å²) in [5.74, 6) is 1.31. The topological polar surface area (TPSA) is 57.8 Å². The summed E-state index contributed by atoms with van der Waals surface area (Å²) < 4.78 is 9.02.